The average molecular weight is 409 g/mol. The minimum absolute atomic E-state index is 0.107. The van der Waals surface area contributed by atoms with Crippen molar-refractivity contribution >= 4 is 23.4 Å². The van der Waals surface area contributed by atoms with E-state index in [4.69, 9.17) is 9.47 Å². The Kier molecular flexibility index (Phi) is 4.59. The van der Waals surface area contributed by atoms with Gasteiger partial charge in [0.05, 0.1) is 5.25 Å². The van der Waals surface area contributed by atoms with Crippen LogP contribution in [-0.2, 0) is 4.79 Å². The fourth-order valence-electron chi connectivity index (χ4n) is 3.15. The third-order valence-electron chi connectivity index (χ3n) is 4.81. The van der Waals surface area contributed by atoms with E-state index in [9.17, 15) is 4.79 Å². The SMILES string of the molecule is CC(Sc1nnc(-c2ccncc2)n1C1CC1)C(=O)Nc1ccc2c(c1)OCO2. The summed E-state index contributed by atoms with van der Waals surface area (Å²) in [4.78, 5) is 16.8. The van der Waals surface area contributed by atoms with E-state index >= 15 is 0 Å². The smallest absolute Gasteiger partial charge is 0.237 e. The van der Waals surface area contributed by atoms with Crippen LogP contribution in [0.5, 0.6) is 11.5 Å². The van der Waals surface area contributed by atoms with Gasteiger partial charge in [0.1, 0.15) is 0 Å². The van der Waals surface area contributed by atoms with E-state index < -0.39 is 0 Å². The summed E-state index contributed by atoms with van der Waals surface area (Å²) >= 11 is 1.41. The Labute approximate surface area is 171 Å². The number of anilines is 1. The first-order chi connectivity index (χ1) is 14.2. The molecule has 1 fully saturated rings. The molecule has 3 aromatic rings. The fraction of sp³-hybridized carbons (Fsp3) is 0.300. The maximum atomic E-state index is 12.7. The van der Waals surface area contributed by atoms with Crippen LogP contribution in [0.3, 0.4) is 0 Å². The summed E-state index contributed by atoms with van der Waals surface area (Å²) in [6.45, 7) is 2.07. The van der Waals surface area contributed by atoms with Crippen molar-refractivity contribution in [2.24, 2.45) is 0 Å². The fourth-order valence-corrected chi connectivity index (χ4v) is 4.07. The lowest BCUT2D eigenvalue weighted by atomic mass is 10.2. The van der Waals surface area contributed by atoms with Gasteiger partial charge in [-0.15, -0.1) is 10.2 Å². The molecule has 0 spiro atoms. The number of nitrogens with zero attached hydrogens (tertiary/aromatic N) is 4. The zero-order chi connectivity index (χ0) is 19.8. The van der Waals surface area contributed by atoms with Crippen molar-refractivity contribution in [3.63, 3.8) is 0 Å². The van der Waals surface area contributed by atoms with Crippen LogP contribution < -0.4 is 14.8 Å². The van der Waals surface area contributed by atoms with E-state index in [1.807, 2.05) is 19.1 Å². The van der Waals surface area contributed by atoms with Gasteiger partial charge in [0.15, 0.2) is 22.5 Å². The number of carbonyl (C=O) groups excluding carboxylic acids is 1. The molecule has 0 radical (unpaired) electrons. The summed E-state index contributed by atoms with van der Waals surface area (Å²) in [5, 5.41) is 12.1. The number of fused-ring (bicyclic) bond motifs is 1. The number of rotatable bonds is 6. The van der Waals surface area contributed by atoms with E-state index in [0.717, 1.165) is 29.4 Å². The number of amides is 1. The van der Waals surface area contributed by atoms with Gasteiger partial charge in [-0.1, -0.05) is 11.8 Å². The monoisotopic (exact) mass is 409 g/mol. The summed E-state index contributed by atoms with van der Waals surface area (Å²) in [5.74, 6) is 2.04. The standard InChI is InChI=1S/C20H19N5O3S/c1-12(19(26)22-14-2-5-16-17(10-14)28-11-27-16)29-20-24-23-18(25(20)15-3-4-15)13-6-8-21-9-7-13/h2,5-10,12,15H,3-4,11H2,1H3,(H,22,26). The van der Waals surface area contributed by atoms with E-state index in [1.165, 1.54) is 11.8 Å². The maximum Gasteiger partial charge on any atom is 0.237 e. The van der Waals surface area contributed by atoms with Gasteiger partial charge in [0.2, 0.25) is 12.7 Å². The predicted octanol–water partition coefficient (Wildman–Crippen LogP) is 3.52. The first-order valence-corrected chi connectivity index (χ1v) is 10.3. The molecule has 1 amide bonds. The Balaban J connectivity index is 1.32. The molecule has 1 unspecified atom stereocenters. The van der Waals surface area contributed by atoms with Crippen molar-refractivity contribution in [3.05, 3.63) is 42.7 Å². The number of benzene rings is 1. The van der Waals surface area contributed by atoms with Gasteiger partial charge < -0.3 is 14.8 Å². The number of thioether (sulfide) groups is 1. The van der Waals surface area contributed by atoms with Gasteiger partial charge in [0, 0.05) is 35.8 Å². The second-order valence-electron chi connectivity index (χ2n) is 6.96. The van der Waals surface area contributed by atoms with Gasteiger partial charge in [-0.3, -0.25) is 14.3 Å². The highest BCUT2D eigenvalue weighted by Gasteiger charge is 2.31. The molecule has 2 aromatic heterocycles. The number of aromatic nitrogens is 4. The molecule has 1 atom stereocenters. The van der Waals surface area contributed by atoms with E-state index in [0.29, 0.717) is 23.2 Å². The summed E-state index contributed by atoms with van der Waals surface area (Å²) < 4.78 is 12.8. The second-order valence-corrected chi connectivity index (χ2v) is 8.27. The molecule has 8 nitrogen and oxygen atoms in total. The Hall–Kier alpha value is -3.07. The van der Waals surface area contributed by atoms with E-state index in [1.54, 1.807) is 30.6 Å². The summed E-state index contributed by atoms with van der Waals surface area (Å²) in [7, 11) is 0. The molecule has 9 heteroatoms. The van der Waals surface area contributed by atoms with Gasteiger partial charge >= 0.3 is 0 Å². The number of ether oxygens (including phenoxy) is 2. The van der Waals surface area contributed by atoms with Gasteiger partial charge in [-0.25, -0.2) is 0 Å². The molecule has 2 aliphatic rings. The van der Waals surface area contributed by atoms with Crippen LogP contribution in [0.25, 0.3) is 11.4 Å². The maximum absolute atomic E-state index is 12.7. The van der Waals surface area contributed by atoms with Crippen molar-refractivity contribution in [2.75, 3.05) is 12.1 Å². The first kappa shape index (κ1) is 18.0. The molecule has 1 aliphatic heterocycles. The van der Waals surface area contributed by atoms with Gasteiger partial charge in [-0.2, -0.15) is 0 Å². The highest BCUT2D eigenvalue weighted by Crippen LogP contribution is 2.41. The molecule has 29 heavy (non-hydrogen) atoms. The molecule has 0 saturated heterocycles. The second kappa shape index (κ2) is 7.40. The first-order valence-electron chi connectivity index (χ1n) is 9.41. The molecular formula is C20H19N5O3S. The predicted molar refractivity (Wildman–Crippen MR) is 108 cm³/mol. The molecule has 3 heterocycles. The zero-order valence-electron chi connectivity index (χ0n) is 15.7. The van der Waals surface area contributed by atoms with Crippen LogP contribution >= 0.6 is 11.8 Å². The zero-order valence-corrected chi connectivity index (χ0v) is 16.6. The largest absolute Gasteiger partial charge is 0.454 e. The summed E-state index contributed by atoms with van der Waals surface area (Å²) in [6, 6.07) is 9.60. The summed E-state index contributed by atoms with van der Waals surface area (Å²) in [5.41, 5.74) is 1.65. The van der Waals surface area contributed by atoms with Crippen LogP contribution in [0, 0.1) is 0 Å². The Bertz CT molecular complexity index is 1050. The molecule has 1 aromatic carbocycles. The Morgan fingerprint density at radius 3 is 2.76 bits per heavy atom. The van der Waals surface area contributed by atoms with Crippen molar-refractivity contribution in [1.82, 2.24) is 19.7 Å². The molecule has 1 aliphatic carbocycles. The van der Waals surface area contributed by atoms with Crippen LogP contribution in [0.1, 0.15) is 25.8 Å². The van der Waals surface area contributed by atoms with Crippen LogP contribution in [0.15, 0.2) is 47.9 Å². The van der Waals surface area contributed by atoms with Crippen molar-refractivity contribution in [3.8, 4) is 22.9 Å². The number of pyridine rings is 1. The Morgan fingerprint density at radius 1 is 1.17 bits per heavy atom. The molecule has 0 bridgehead atoms. The average Bonchev–Trinajstić information content (AvgIpc) is 3.32. The topological polar surface area (TPSA) is 91.2 Å². The number of nitrogens with one attached hydrogen (secondary N) is 1. The van der Waals surface area contributed by atoms with Crippen molar-refractivity contribution < 1.29 is 14.3 Å². The van der Waals surface area contributed by atoms with Crippen LogP contribution in [0.2, 0.25) is 0 Å². The van der Waals surface area contributed by atoms with Crippen molar-refractivity contribution in [2.45, 2.75) is 36.2 Å². The van der Waals surface area contributed by atoms with Crippen LogP contribution in [-0.4, -0.2) is 37.7 Å². The van der Waals surface area contributed by atoms with Gasteiger partial charge in [-0.05, 0) is 44.0 Å². The minimum atomic E-state index is -0.340. The molecule has 148 valence electrons. The van der Waals surface area contributed by atoms with Crippen molar-refractivity contribution in [1.29, 1.82) is 0 Å². The number of carbonyl (C=O) groups is 1. The third kappa shape index (κ3) is 3.65. The number of hydrogen-bond acceptors (Lipinski definition) is 7. The third-order valence-corrected chi connectivity index (χ3v) is 5.86. The normalized spacial score (nSPS) is 15.9. The lowest BCUT2D eigenvalue weighted by Gasteiger charge is -2.13. The quantitative estimate of drug-likeness (QED) is 0.623. The highest BCUT2D eigenvalue weighted by atomic mass is 32.2. The molecule has 5 rings (SSSR count). The molecular weight excluding hydrogens is 390 g/mol. The van der Waals surface area contributed by atoms with E-state index in [2.05, 4.69) is 25.1 Å². The summed E-state index contributed by atoms with van der Waals surface area (Å²) in [6.07, 6.45) is 5.69. The lowest BCUT2D eigenvalue weighted by molar-refractivity contribution is -0.115. The molecule has 1 N–H and O–H groups in total. The lowest BCUT2D eigenvalue weighted by Crippen LogP contribution is -2.22. The highest BCUT2D eigenvalue weighted by molar-refractivity contribution is 8.00. The van der Waals surface area contributed by atoms with Gasteiger partial charge in [0.25, 0.3) is 0 Å². The Morgan fingerprint density at radius 2 is 1.97 bits per heavy atom. The van der Waals surface area contributed by atoms with E-state index in [-0.39, 0.29) is 18.0 Å². The minimum Gasteiger partial charge on any atom is -0.454 e. The number of hydrogen-bond donors (Lipinski definition) is 1. The molecule has 1 saturated carbocycles. The van der Waals surface area contributed by atoms with Crippen LogP contribution in [0.4, 0.5) is 5.69 Å².